The summed E-state index contributed by atoms with van der Waals surface area (Å²) in [6, 6.07) is 86.0. The van der Waals surface area contributed by atoms with Crippen LogP contribution in [0.3, 0.4) is 0 Å². The van der Waals surface area contributed by atoms with Crippen molar-refractivity contribution >= 4 is 71.2 Å². The molecule has 11 aromatic carbocycles. The zero-order chi connectivity index (χ0) is 41.2. The van der Waals surface area contributed by atoms with Crippen molar-refractivity contribution in [2.24, 2.45) is 0 Å². The Bertz CT molecular complexity index is 3840. The SMILES string of the molecule is c1ccc(-c2ccccc2N(c2ccc3c(c2)C2(c4ccccc4-3)c3ccccc3-n3c4ccccc4c4cccc2c43)c2ccc3c4ccccc4c4ccccc4c3c2)cc1. The first kappa shape index (κ1) is 34.5. The Morgan fingerprint density at radius 1 is 0.317 bits per heavy atom. The summed E-state index contributed by atoms with van der Waals surface area (Å²) in [6.07, 6.45) is 0. The van der Waals surface area contributed by atoms with Crippen molar-refractivity contribution in [2.45, 2.75) is 5.41 Å². The number of benzene rings is 11. The Labute approximate surface area is 365 Å². The number of fused-ring (bicyclic) bond motifs is 18. The standard InChI is InChI=1S/C61H38N2/c1-2-17-39(18-3-1)42-19-9-13-30-57(42)62(40-33-35-47-45-22-5-4-20-43(45)44-21-6-7-23-46(44)52(47)37-40)41-34-36-49-48-24-8-11-27-53(48)61(56(49)38-41)54-28-12-15-32-59(54)63-58-31-14-10-25-50(58)51-26-16-29-55(61)60(51)63/h1-38H. The molecular formula is C61H38N2. The molecule has 12 aromatic rings. The molecule has 1 spiro atoms. The maximum absolute atomic E-state index is 2.52. The van der Waals surface area contributed by atoms with Gasteiger partial charge in [-0.25, -0.2) is 0 Å². The Morgan fingerprint density at radius 2 is 0.857 bits per heavy atom. The number of anilines is 3. The summed E-state index contributed by atoms with van der Waals surface area (Å²) in [5.41, 5.74) is 16.7. The van der Waals surface area contributed by atoms with Crippen molar-refractivity contribution in [1.82, 2.24) is 4.57 Å². The van der Waals surface area contributed by atoms with Gasteiger partial charge in [0.15, 0.2) is 0 Å². The van der Waals surface area contributed by atoms with Crippen LogP contribution in [0.15, 0.2) is 231 Å². The average Bonchev–Trinajstić information content (AvgIpc) is 3.85. The van der Waals surface area contributed by atoms with Gasteiger partial charge in [-0.2, -0.15) is 0 Å². The molecule has 292 valence electrons. The number of hydrogen-bond donors (Lipinski definition) is 0. The van der Waals surface area contributed by atoms with Gasteiger partial charge < -0.3 is 9.47 Å². The molecule has 1 atom stereocenters. The second-order valence-electron chi connectivity index (χ2n) is 17.1. The molecule has 0 amide bonds. The molecule has 0 saturated carbocycles. The summed E-state index contributed by atoms with van der Waals surface area (Å²) in [6.45, 7) is 0. The number of rotatable bonds is 4. The molecule has 0 bridgehead atoms. The molecule has 1 unspecified atom stereocenters. The van der Waals surface area contributed by atoms with E-state index >= 15 is 0 Å². The topological polar surface area (TPSA) is 8.17 Å². The van der Waals surface area contributed by atoms with Crippen molar-refractivity contribution in [3.8, 4) is 27.9 Å². The molecule has 63 heavy (non-hydrogen) atoms. The van der Waals surface area contributed by atoms with E-state index in [9.17, 15) is 0 Å². The van der Waals surface area contributed by atoms with Crippen molar-refractivity contribution < 1.29 is 0 Å². The minimum absolute atomic E-state index is 0.564. The Morgan fingerprint density at radius 3 is 1.65 bits per heavy atom. The molecular weight excluding hydrogens is 761 g/mol. The average molecular weight is 799 g/mol. The molecule has 0 radical (unpaired) electrons. The minimum Gasteiger partial charge on any atom is -0.310 e. The Kier molecular flexibility index (Phi) is 7.07. The summed E-state index contributed by atoms with van der Waals surface area (Å²) in [4.78, 5) is 2.51. The molecule has 2 heteroatoms. The first-order valence-electron chi connectivity index (χ1n) is 21.9. The number of hydrogen-bond acceptors (Lipinski definition) is 1. The van der Waals surface area contributed by atoms with Gasteiger partial charge in [0.25, 0.3) is 0 Å². The largest absolute Gasteiger partial charge is 0.310 e. The van der Waals surface area contributed by atoms with E-state index in [0.29, 0.717) is 0 Å². The molecule has 2 aliphatic rings. The van der Waals surface area contributed by atoms with Crippen molar-refractivity contribution in [2.75, 3.05) is 4.90 Å². The van der Waals surface area contributed by atoms with E-state index < -0.39 is 5.41 Å². The predicted molar refractivity (Wildman–Crippen MR) is 264 cm³/mol. The lowest BCUT2D eigenvalue weighted by atomic mass is 9.65. The van der Waals surface area contributed by atoms with E-state index in [2.05, 4.69) is 240 Å². The van der Waals surface area contributed by atoms with Crippen molar-refractivity contribution in [3.05, 3.63) is 253 Å². The zero-order valence-corrected chi connectivity index (χ0v) is 34.3. The fourth-order valence-electron chi connectivity index (χ4n) is 11.7. The maximum atomic E-state index is 2.52. The molecule has 14 rings (SSSR count). The van der Waals surface area contributed by atoms with Crippen LogP contribution in [0.5, 0.6) is 0 Å². The molecule has 1 aromatic heterocycles. The van der Waals surface area contributed by atoms with E-state index in [-0.39, 0.29) is 0 Å². The predicted octanol–water partition coefficient (Wildman–Crippen LogP) is 16.1. The van der Waals surface area contributed by atoms with Gasteiger partial charge in [0, 0.05) is 27.7 Å². The summed E-state index contributed by atoms with van der Waals surface area (Å²) < 4.78 is 2.52. The van der Waals surface area contributed by atoms with Crippen LogP contribution in [0.25, 0.3) is 82.1 Å². The van der Waals surface area contributed by atoms with E-state index in [1.54, 1.807) is 0 Å². The highest BCUT2D eigenvalue weighted by molar-refractivity contribution is 6.26. The normalized spacial score (nSPS) is 14.7. The van der Waals surface area contributed by atoms with Gasteiger partial charge in [-0.05, 0) is 114 Å². The Balaban J connectivity index is 1.10. The smallest absolute Gasteiger partial charge is 0.0755 e. The third-order valence-electron chi connectivity index (χ3n) is 14.2. The van der Waals surface area contributed by atoms with Crippen LogP contribution in [-0.4, -0.2) is 4.57 Å². The second kappa shape index (κ2) is 12.9. The summed E-state index contributed by atoms with van der Waals surface area (Å²) in [7, 11) is 0. The van der Waals surface area contributed by atoms with Crippen LogP contribution in [0.4, 0.5) is 17.1 Å². The molecule has 0 fully saturated rings. The van der Waals surface area contributed by atoms with Crippen molar-refractivity contribution in [1.29, 1.82) is 0 Å². The third-order valence-corrected chi connectivity index (χ3v) is 14.2. The molecule has 2 heterocycles. The van der Waals surface area contributed by atoms with Gasteiger partial charge in [0.2, 0.25) is 0 Å². The van der Waals surface area contributed by atoms with Crippen LogP contribution in [0, 0.1) is 0 Å². The summed E-state index contributed by atoms with van der Waals surface area (Å²) in [5, 5.41) is 10.2. The number of para-hydroxylation sites is 4. The van der Waals surface area contributed by atoms with E-state index in [1.165, 1.54) is 104 Å². The van der Waals surface area contributed by atoms with Crippen LogP contribution in [0.2, 0.25) is 0 Å². The van der Waals surface area contributed by atoms with Gasteiger partial charge in [-0.15, -0.1) is 0 Å². The molecule has 1 aliphatic carbocycles. The number of nitrogens with zero attached hydrogens (tertiary/aromatic N) is 2. The van der Waals surface area contributed by atoms with Gasteiger partial charge in [-0.1, -0.05) is 188 Å². The molecule has 2 nitrogen and oxygen atoms in total. The summed E-state index contributed by atoms with van der Waals surface area (Å²) in [5.74, 6) is 0. The van der Waals surface area contributed by atoms with Crippen LogP contribution < -0.4 is 4.90 Å². The highest BCUT2D eigenvalue weighted by Crippen LogP contribution is 2.62. The van der Waals surface area contributed by atoms with E-state index in [1.807, 2.05) is 0 Å². The molecule has 0 saturated heterocycles. The van der Waals surface area contributed by atoms with Crippen molar-refractivity contribution in [3.63, 3.8) is 0 Å². The quantitative estimate of drug-likeness (QED) is 0.161. The van der Waals surface area contributed by atoms with E-state index in [0.717, 1.165) is 17.1 Å². The second-order valence-corrected chi connectivity index (χ2v) is 17.1. The zero-order valence-electron chi connectivity index (χ0n) is 34.3. The van der Waals surface area contributed by atoms with Gasteiger partial charge in [0.1, 0.15) is 0 Å². The van der Waals surface area contributed by atoms with E-state index in [4.69, 9.17) is 0 Å². The van der Waals surface area contributed by atoms with Gasteiger partial charge in [-0.3, -0.25) is 0 Å². The first-order chi connectivity index (χ1) is 31.3. The lowest BCUT2D eigenvalue weighted by Gasteiger charge is -2.40. The van der Waals surface area contributed by atoms with Gasteiger partial charge >= 0.3 is 0 Å². The summed E-state index contributed by atoms with van der Waals surface area (Å²) >= 11 is 0. The monoisotopic (exact) mass is 798 g/mol. The Hall–Kier alpha value is -8.20. The lowest BCUT2D eigenvalue weighted by molar-refractivity contribution is 0.748. The molecule has 0 N–H and O–H groups in total. The van der Waals surface area contributed by atoms with Crippen LogP contribution in [0.1, 0.15) is 22.3 Å². The first-order valence-corrected chi connectivity index (χ1v) is 21.9. The van der Waals surface area contributed by atoms with Crippen LogP contribution >= 0.6 is 0 Å². The fraction of sp³-hybridized carbons (Fsp3) is 0.0164. The van der Waals surface area contributed by atoms with Gasteiger partial charge in [0.05, 0.1) is 27.8 Å². The fourth-order valence-corrected chi connectivity index (χ4v) is 11.7. The number of aromatic nitrogens is 1. The highest BCUT2D eigenvalue weighted by Gasteiger charge is 2.51. The molecule has 1 aliphatic heterocycles. The highest BCUT2D eigenvalue weighted by atomic mass is 15.1. The lowest BCUT2D eigenvalue weighted by Crippen LogP contribution is -2.33. The maximum Gasteiger partial charge on any atom is 0.0755 e. The van der Waals surface area contributed by atoms with Crippen LogP contribution in [-0.2, 0) is 5.41 Å². The minimum atomic E-state index is -0.564. The third kappa shape index (κ3) is 4.57.